The summed E-state index contributed by atoms with van der Waals surface area (Å²) >= 11 is 12.8. The maximum Gasteiger partial charge on any atom is 0.338 e. The Labute approximate surface area is 235 Å². The Morgan fingerprint density at radius 3 is 2.26 bits per heavy atom. The van der Waals surface area contributed by atoms with Crippen LogP contribution >= 0.6 is 23.2 Å². The topological polar surface area (TPSA) is 102 Å². The molecule has 1 N–H and O–H groups in total. The summed E-state index contributed by atoms with van der Waals surface area (Å²) < 4.78 is 15.7. The number of aliphatic hydroxyl groups is 1. The average Bonchev–Trinajstić information content (AvgIpc) is 3.18. The number of halogens is 2. The molecule has 1 unspecified atom stereocenters. The van der Waals surface area contributed by atoms with Crippen LogP contribution in [-0.4, -0.2) is 43.6 Å². The fourth-order valence-corrected chi connectivity index (χ4v) is 5.21. The Balaban J connectivity index is 1.95. The molecular formula is C29H25Cl2NO7. The molecule has 0 spiro atoms. The van der Waals surface area contributed by atoms with Gasteiger partial charge >= 0.3 is 5.97 Å². The molecule has 0 saturated carbocycles. The van der Waals surface area contributed by atoms with Crippen molar-refractivity contribution in [2.45, 2.75) is 19.9 Å². The van der Waals surface area contributed by atoms with Crippen molar-refractivity contribution in [3.8, 4) is 11.5 Å². The van der Waals surface area contributed by atoms with Crippen LogP contribution in [0.1, 0.15) is 40.0 Å². The molecule has 1 amide bonds. The molecule has 1 aliphatic rings. The second-order valence-corrected chi connectivity index (χ2v) is 9.42. The lowest BCUT2D eigenvalue weighted by Crippen LogP contribution is -2.29. The SMILES string of the molecule is CCOC(=O)c1ccc(N2C(=O)C(=O)/C(=C(/O)c3cc(Cl)c(OC)c(Cl)c3OC)C2c2cccc(C)c2)cc1. The van der Waals surface area contributed by atoms with Crippen LogP contribution in [0.2, 0.25) is 10.0 Å². The highest BCUT2D eigenvalue weighted by molar-refractivity contribution is 6.52. The number of methoxy groups -OCH3 is 2. The van der Waals surface area contributed by atoms with E-state index in [1.165, 1.54) is 37.3 Å². The molecule has 8 nitrogen and oxygen atoms in total. The molecule has 1 saturated heterocycles. The Morgan fingerprint density at radius 1 is 1.00 bits per heavy atom. The number of benzene rings is 3. The molecule has 1 aliphatic heterocycles. The van der Waals surface area contributed by atoms with E-state index in [9.17, 15) is 19.5 Å². The highest BCUT2D eigenvalue weighted by Gasteiger charge is 2.47. The summed E-state index contributed by atoms with van der Waals surface area (Å²) in [5.41, 5.74) is 1.92. The lowest BCUT2D eigenvalue weighted by atomic mass is 9.94. The van der Waals surface area contributed by atoms with Crippen LogP contribution in [0.25, 0.3) is 5.76 Å². The van der Waals surface area contributed by atoms with Crippen LogP contribution in [0.5, 0.6) is 11.5 Å². The first-order valence-corrected chi connectivity index (χ1v) is 12.6. The summed E-state index contributed by atoms with van der Waals surface area (Å²) in [7, 11) is 2.72. The van der Waals surface area contributed by atoms with Crippen LogP contribution in [0.4, 0.5) is 5.69 Å². The molecular weight excluding hydrogens is 545 g/mol. The lowest BCUT2D eigenvalue weighted by molar-refractivity contribution is -0.132. The highest BCUT2D eigenvalue weighted by Crippen LogP contribution is 2.48. The molecule has 39 heavy (non-hydrogen) atoms. The molecule has 3 aromatic rings. The summed E-state index contributed by atoms with van der Waals surface area (Å²) in [6, 6.07) is 13.7. The van der Waals surface area contributed by atoms with Crippen LogP contribution < -0.4 is 14.4 Å². The van der Waals surface area contributed by atoms with E-state index in [2.05, 4.69) is 0 Å². The normalized spacial score (nSPS) is 16.4. The fourth-order valence-electron chi connectivity index (χ4n) is 4.52. The molecule has 0 aliphatic carbocycles. The van der Waals surface area contributed by atoms with Gasteiger partial charge in [-0.15, -0.1) is 0 Å². The average molecular weight is 570 g/mol. The summed E-state index contributed by atoms with van der Waals surface area (Å²) in [6.07, 6.45) is 0. The third-order valence-electron chi connectivity index (χ3n) is 6.25. The number of anilines is 1. The minimum Gasteiger partial charge on any atom is -0.507 e. The predicted molar refractivity (Wildman–Crippen MR) is 148 cm³/mol. The summed E-state index contributed by atoms with van der Waals surface area (Å²) in [5, 5.41) is 11.6. The van der Waals surface area contributed by atoms with Gasteiger partial charge in [0.1, 0.15) is 10.8 Å². The zero-order valence-corrected chi connectivity index (χ0v) is 23.1. The third-order valence-corrected chi connectivity index (χ3v) is 6.88. The van der Waals surface area contributed by atoms with Gasteiger partial charge in [0.05, 0.1) is 48.6 Å². The van der Waals surface area contributed by atoms with Crippen molar-refractivity contribution in [3.63, 3.8) is 0 Å². The number of carbonyl (C=O) groups excluding carboxylic acids is 3. The van der Waals surface area contributed by atoms with Gasteiger partial charge in [0.2, 0.25) is 0 Å². The molecule has 3 aromatic carbocycles. The zero-order chi connectivity index (χ0) is 28.4. The van der Waals surface area contributed by atoms with Gasteiger partial charge in [0.15, 0.2) is 11.5 Å². The van der Waals surface area contributed by atoms with E-state index in [0.29, 0.717) is 11.3 Å². The molecule has 0 aromatic heterocycles. The molecule has 4 rings (SSSR count). The van der Waals surface area contributed by atoms with Crippen molar-refractivity contribution in [2.24, 2.45) is 0 Å². The number of hydrogen-bond acceptors (Lipinski definition) is 7. The van der Waals surface area contributed by atoms with Crippen LogP contribution in [-0.2, 0) is 14.3 Å². The van der Waals surface area contributed by atoms with Crippen molar-refractivity contribution >= 4 is 52.3 Å². The largest absolute Gasteiger partial charge is 0.507 e. The summed E-state index contributed by atoms with van der Waals surface area (Å²) in [5.74, 6) is -2.67. The highest BCUT2D eigenvalue weighted by atomic mass is 35.5. The van der Waals surface area contributed by atoms with Crippen molar-refractivity contribution in [3.05, 3.63) is 92.5 Å². The second-order valence-electron chi connectivity index (χ2n) is 8.64. The van der Waals surface area contributed by atoms with Crippen LogP contribution in [0.15, 0.2) is 60.2 Å². The molecule has 202 valence electrons. The number of carbonyl (C=O) groups is 3. The van der Waals surface area contributed by atoms with Gasteiger partial charge in [0.25, 0.3) is 11.7 Å². The Morgan fingerprint density at radius 2 is 1.67 bits per heavy atom. The van der Waals surface area contributed by atoms with Gasteiger partial charge in [-0.05, 0) is 49.7 Å². The molecule has 1 heterocycles. The van der Waals surface area contributed by atoms with Gasteiger partial charge in [-0.3, -0.25) is 14.5 Å². The molecule has 10 heteroatoms. The number of esters is 1. The number of aliphatic hydroxyl groups excluding tert-OH is 1. The van der Waals surface area contributed by atoms with E-state index in [0.717, 1.165) is 5.56 Å². The van der Waals surface area contributed by atoms with Gasteiger partial charge in [0, 0.05) is 5.69 Å². The second kappa shape index (κ2) is 11.4. The molecule has 1 fully saturated rings. The van der Waals surface area contributed by atoms with E-state index in [-0.39, 0.29) is 44.9 Å². The van der Waals surface area contributed by atoms with Gasteiger partial charge in [-0.1, -0.05) is 53.0 Å². The number of amides is 1. The van der Waals surface area contributed by atoms with Crippen molar-refractivity contribution < 1.29 is 33.7 Å². The first-order valence-electron chi connectivity index (χ1n) is 11.9. The monoisotopic (exact) mass is 569 g/mol. The number of aryl methyl sites for hydroxylation is 1. The number of rotatable bonds is 7. The first-order chi connectivity index (χ1) is 18.6. The predicted octanol–water partition coefficient (Wildman–Crippen LogP) is 6.12. The number of ether oxygens (including phenoxy) is 3. The molecule has 1 atom stereocenters. The van der Waals surface area contributed by atoms with Crippen molar-refractivity contribution in [1.29, 1.82) is 0 Å². The summed E-state index contributed by atoms with van der Waals surface area (Å²) in [4.78, 5) is 40.4. The number of hydrogen-bond donors (Lipinski definition) is 1. The quantitative estimate of drug-likeness (QED) is 0.158. The van der Waals surface area contributed by atoms with Crippen molar-refractivity contribution in [1.82, 2.24) is 0 Å². The Bertz CT molecular complexity index is 1500. The minimum atomic E-state index is -1.01. The number of ketones is 1. The number of Topliss-reactive ketones (excluding diaryl/α,β-unsaturated/α-hetero) is 1. The fraction of sp³-hybridized carbons (Fsp3) is 0.207. The third kappa shape index (κ3) is 5.05. The van der Waals surface area contributed by atoms with Crippen LogP contribution in [0.3, 0.4) is 0 Å². The first kappa shape index (κ1) is 28.0. The standard InChI is InChI=1S/C29H25Cl2NO7/c1-5-39-29(36)16-9-11-18(12-10-16)32-23(17-8-6-7-15(2)13-17)21(25(34)28(32)35)24(33)19-14-20(30)27(38-4)22(31)26(19)37-3/h6-14,23,33H,5H2,1-4H3/b24-21+. The maximum absolute atomic E-state index is 13.5. The van der Waals surface area contributed by atoms with Crippen molar-refractivity contribution in [2.75, 3.05) is 25.7 Å². The van der Waals surface area contributed by atoms with Gasteiger partial charge in [-0.2, -0.15) is 0 Å². The Kier molecular flexibility index (Phi) is 8.18. The van der Waals surface area contributed by atoms with E-state index >= 15 is 0 Å². The maximum atomic E-state index is 13.5. The van der Waals surface area contributed by atoms with E-state index in [4.69, 9.17) is 37.4 Å². The van der Waals surface area contributed by atoms with E-state index in [1.54, 1.807) is 31.2 Å². The smallest absolute Gasteiger partial charge is 0.338 e. The van der Waals surface area contributed by atoms with Gasteiger partial charge < -0.3 is 19.3 Å². The molecule has 0 bridgehead atoms. The van der Waals surface area contributed by atoms with E-state index < -0.39 is 29.5 Å². The Hall–Kier alpha value is -4.01. The van der Waals surface area contributed by atoms with E-state index in [1.807, 2.05) is 19.1 Å². The van der Waals surface area contributed by atoms with Crippen LogP contribution in [0, 0.1) is 6.92 Å². The lowest BCUT2D eigenvalue weighted by Gasteiger charge is -2.26. The van der Waals surface area contributed by atoms with Gasteiger partial charge in [-0.25, -0.2) is 4.79 Å². The molecule has 0 radical (unpaired) electrons. The minimum absolute atomic E-state index is 0.00932. The number of nitrogens with zero attached hydrogens (tertiary/aromatic N) is 1. The zero-order valence-electron chi connectivity index (χ0n) is 21.6. The summed E-state index contributed by atoms with van der Waals surface area (Å²) in [6.45, 7) is 3.78.